The zero-order valence-electron chi connectivity index (χ0n) is 16.6. The molecule has 0 unspecified atom stereocenters. The van der Waals surface area contributed by atoms with Crippen molar-refractivity contribution in [2.75, 3.05) is 19.0 Å². The standard InChI is InChI=1S/C23H22N2O5/c1-29-23(28)19-12-25(20-8-3-2-7-18(19)20)13-22(27)30-14-21(26)24-17-10-9-15-5-4-6-16(15)11-17/h2-3,7-12H,4-6,13-14H2,1H3,(H,24,26). The van der Waals surface area contributed by atoms with Crippen molar-refractivity contribution in [1.82, 2.24) is 4.57 Å². The predicted molar refractivity (Wildman–Crippen MR) is 111 cm³/mol. The van der Waals surface area contributed by atoms with Gasteiger partial charge >= 0.3 is 11.9 Å². The summed E-state index contributed by atoms with van der Waals surface area (Å²) in [5.74, 6) is -1.45. The van der Waals surface area contributed by atoms with E-state index in [1.165, 1.54) is 18.2 Å². The lowest BCUT2D eigenvalue weighted by molar-refractivity contribution is -0.147. The normalized spacial score (nSPS) is 12.4. The number of hydrogen-bond donors (Lipinski definition) is 1. The van der Waals surface area contributed by atoms with E-state index in [-0.39, 0.29) is 13.2 Å². The second kappa shape index (κ2) is 8.41. The number of benzene rings is 2. The molecular weight excluding hydrogens is 384 g/mol. The van der Waals surface area contributed by atoms with Crippen LogP contribution in [0.25, 0.3) is 10.9 Å². The van der Waals surface area contributed by atoms with E-state index in [0.29, 0.717) is 22.2 Å². The van der Waals surface area contributed by atoms with E-state index >= 15 is 0 Å². The van der Waals surface area contributed by atoms with Crippen LogP contribution in [-0.4, -0.2) is 36.1 Å². The molecule has 0 bridgehead atoms. The molecule has 0 saturated carbocycles. The van der Waals surface area contributed by atoms with Gasteiger partial charge in [0.2, 0.25) is 0 Å². The first kappa shape index (κ1) is 19.7. The minimum Gasteiger partial charge on any atom is -0.465 e. The first-order valence-corrected chi connectivity index (χ1v) is 9.78. The molecule has 154 valence electrons. The second-order valence-electron chi connectivity index (χ2n) is 7.23. The molecular formula is C23H22N2O5. The van der Waals surface area contributed by atoms with Gasteiger partial charge in [-0.25, -0.2) is 4.79 Å². The Kier molecular flexibility index (Phi) is 5.52. The maximum absolute atomic E-state index is 12.3. The third-order valence-corrected chi connectivity index (χ3v) is 5.24. The molecule has 2 aromatic carbocycles. The quantitative estimate of drug-likeness (QED) is 0.636. The van der Waals surface area contributed by atoms with Crippen LogP contribution in [0.3, 0.4) is 0 Å². The molecule has 1 heterocycles. The number of para-hydroxylation sites is 1. The number of hydrogen-bond acceptors (Lipinski definition) is 5. The molecule has 7 heteroatoms. The molecule has 0 atom stereocenters. The molecule has 0 radical (unpaired) electrons. The van der Waals surface area contributed by atoms with E-state index in [9.17, 15) is 14.4 Å². The number of aryl methyl sites for hydroxylation is 2. The monoisotopic (exact) mass is 406 g/mol. The number of ether oxygens (including phenoxy) is 2. The topological polar surface area (TPSA) is 86.6 Å². The summed E-state index contributed by atoms with van der Waals surface area (Å²) >= 11 is 0. The number of methoxy groups -OCH3 is 1. The van der Waals surface area contributed by atoms with Gasteiger partial charge in [0.25, 0.3) is 5.91 Å². The first-order chi connectivity index (χ1) is 14.5. The molecule has 0 aliphatic heterocycles. The molecule has 0 spiro atoms. The number of rotatable bonds is 6. The SMILES string of the molecule is COC(=O)c1cn(CC(=O)OCC(=O)Nc2ccc3c(c2)CCC3)c2ccccc12. The van der Waals surface area contributed by atoms with E-state index in [2.05, 4.69) is 5.32 Å². The second-order valence-corrected chi connectivity index (χ2v) is 7.23. The number of nitrogens with zero attached hydrogens (tertiary/aromatic N) is 1. The van der Waals surface area contributed by atoms with Gasteiger partial charge in [-0.1, -0.05) is 24.3 Å². The van der Waals surface area contributed by atoms with E-state index in [0.717, 1.165) is 19.3 Å². The van der Waals surface area contributed by atoms with Crippen LogP contribution in [0.15, 0.2) is 48.7 Å². The Bertz CT molecular complexity index is 1130. The average Bonchev–Trinajstić information content (AvgIpc) is 3.36. The van der Waals surface area contributed by atoms with E-state index in [1.54, 1.807) is 29.0 Å². The Morgan fingerprint density at radius 3 is 2.70 bits per heavy atom. The zero-order chi connectivity index (χ0) is 21.1. The average molecular weight is 406 g/mol. The predicted octanol–water partition coefficient (Wildman–Crippen LogP) is 3.10. The van der Waals surface area contributed by atoms with Crippen molar-refractivity contribution < 1.29 is 23.9 Å². The van der Waals surface area contributed by atoms with E-state index < -0.39 is 17.8 Å². The molecule has 30 heavy (non-hydrogen) atoms. The number of fused-ring (bicyclic) bond motifs is 2. The summed E-state index contributed by atoms with van der Waals surface area (Å²) in [5, 5.41) is 3.45. The van der Waals surface area contributed by atoms with Crippen LogP contribution in [-0.2, 0) is 38.4 Å². The third-order valence-electron chi connectivity index (χ3n) is 5.24. The van der Waals surface area contributed by atoms with E-state index in [1.807, 2.05) is 24.3 Å². The summed E-state index contributed by atoms with van der Waals surface area (Å²) < 4.78 is 11.5. The molecule has 0 saturated heterocycles. The largest absolute Gasteiger partial charge is 0.465 e. The van der Waals surface area contributed by atoms with Gasteiger partial charge in [-0.2, -0.15) is 0 Å². The first-order valence-electron chi connectivity index (χ1n) is 9.78. The minimum atomic E-state index is -0.573. The Labute approximate surface area is 173 Å². The van der Waals surface area contributed by atoms with Gasteiger partial charge in [-0.3, -0.25) is 9.59 Å². The van der Waals surface area contributed by atoms with Gasteiger partial charge in [0.15, 0.2) is 6.61 Å². The molecule has 3 aromatic rings. The number of anilines is 1. The molecule has 4 rings (SSSR count). The van der Waals surface area contributed by atoms with Gasteiger partial charge in [0, 0.05) is 22.8 Å². The number of aromatic nitrogens is 1. The molecule has 1 aliphatic carbocycles. The lowest BCUT2D eigenvalue weighted by Gasteiger charge is -2.09. The highest BCUT2D eigenvalue weighted by atomic mass is 16.5. The van der Waals surface area contributed by atoms with Gasteiger partial charge in [-0.05, 0) is 48.6 Å². The van der Waals surface area contributed by atoms with Crippen LogP contribution in [0.2, 0.25) is 0 Å². The van der Waals surface area contributed by atoms with Crippen molar-refractivity contribution >= 4 is 34.4 Å². The summed E-state index contributed by atoms with van der Waals surface area (Å²) in [7, 11) is 1.31. The zero-order valence-corrected chi connectivity index (χ0v) is 16.6. The summed E-state index contributed by atoms with van der Waals surface area (Å²) in [4.78, 5) is 36.4. The summed E-state index contributed by atoms with van der Waals surface area (Å²) in [6.07, 6.45) is 4.79. The van der Waals surface area contributed by atoms with Gasteiger partial charge in [0.1, 0.15) is 6.54 Å². The van der Waals surface area contributed by atoms with Crippen molar-refractivity contribution in [3.8, 4) is 0 Å². The van der Waals surface area contributed by atoms with Crippen molar-refractivity contribution in [1.29, 1.82) is 0 Å². The van der Waals surface area contributed by atoms with Crippen LogP contribution in [0.1, 0.15) is 27.9 Å². The van der Waals surface area contributed by atoms with Crippen molar-refractivity contribution in [3.63, 3.8) is 0 Å². The fourth-order valence-electron chi connectivity index (χ4n) is 3.83. The van der Waals surface area contributed by atoms with Gasteiger partial charge in [-0.15, -0.1) is 0 Å². The lowest BCUT2D eigenvalue weighted by Crippen LogP contribution is -2.22. The molecule has 0 fully saturated rings. The third kappa shape index (κ3) is 4.05. The van der Waals surface area contributed by atoms with Crippen LogP contribution in [0, 0.1) is 0 Å². The van der Waals surface area contributed by atoms with Gasteiger partial charge < -0.3 is 19.4 Å². The Morgan fingerprint density at radius 1 is 1.07 bits per heavy atom. The van der Waals surface area contributed by atoms with Crippen molar-refractivity contribution in [3.05, 3.63) is 65.4 Å². The van der Waals surface area contributed by atoms with Crippen LogP contribution < -0.4 is 5.32 Å². The molecule has 1 N–H and O–H groups in total. The van der Waals surface area contributed by atoms with Crippen molar-refractivity contribution in [2.45, 2.75) is 25.8 Å². The molecule has 1 aliphatic rings. The highest BCUT2D eigenvalue weighted by Gasteiger charge is 2.18. The minimum absolute atomic E-state index is 0.121. The molecule has 7 nitrogen and oxygen atoms in total. The Hall–Kier alpha value is -3.61. The van der Waals surface area contributed by atoms with Crippen LogP contribution >= 0.6 is 0 Å². The molecule has 1 amide bonds. The highest BCUT2D eigenvalue weighted by molar-refractivity contribution is 6.04. The smallest absolute Gasteiger partial charge is 0.340 e. The Balaban J connectivity index is 1.37. The van der Waals surface area contributed by atoms with Crippen molar-refractivity contribution in [2.24, 2.45) is 0 Å². The number of amides is 1. The number of esters is 2. The fraction of sp³-hybridized carbons (Fsp3) is 0.261. The Morgan fingerprint density at radius 2 is 1.87 bits per heavy atom. The molecule has 1 aromatic heterocycles. The van der Waals surface area contributed by atoms with E-state index in [4.69, 9.17) is 9.47 Å². The maximum atomic E-state index is 12.3. The highest BCUT2D eigenvalue weighted by Crippen LogP contribution is 2.25. The lowest BCUT2D eigenvalue weighted by atomic mass is 10.1. The summed E-state index contributed by atoms with van der Waals surface area (Å²) in [6.45, 7) is -0.497. The summed E-state index contributed by atoms with van der Waals surface area (Å²) in [6, 6.07) is 13.1. The maximum Gasteiger partial charge on any atom is 0.340 e. The van der Waals surface area contributed by atoms with Gasteiger partial charge in [0.05, 0.1) is 12.7 Å². The van der Waals surface area contributed by atoms with Crippen LogP contribution in [0.5, 0.6) is 0 Å². The number of carbonyl (C=O) groups excluding carboxylic acids is 3. The number of carbonyl (C=O) groups is 3. The fourth-order valence-corrected chi connectivity index (χ4v) is 3.83. The summed E-state index contributed by atoms with van der Waals surface area (Å²) in [5.41, 5.74) is 4.36. The number of nitrogens with one attached hydrogen (secondary N) is 1. The van der Waals surface area contributed by atoms with Crippen LogP contribution in [0.4, 0.5) is 5.69 Å².